The number of rotatable bonds is 2. The minimum atomic E-state index is 0.382. The van der Waals surface area contributed by atoms with Gasteiger partial charge < -0.3 is 15.3 Å². The summed E-state index contributed by atoms with van der Waals surface area (Å²) in [5, 5.41) is 14.0. The van der Waals surface area contributed by atoms with Crippen LogP contribution in [0.4, 0.5) is 5.69 Å². The molecule has 0 radical (unpaired) electrons. The first-order valence-electron chi connectivity index (χ1n) is 7.12. The molecule has 0 bridgehead atoms. The van der Waals surface area contributed by atoms with Crippen LogP contribution in [0.2, 0.25) is 0 Å². The van der Waals surface area contributed by atoms with E-state index in [1.807, 2.05) is 48.5 Å². The van der Waals surface area contributed by atoms with Crippen molar-refractivity contribution in [2.24, 2.45) is 0 Å². The molecule has 3 heteroatoms. The zero-order chi connectivity index (χ0) is 13.9. The third kappa shape index (κ3) is 2.37. The van der Waals surface area contributed by atoms with E-state index in [0.29, 0.717) is 11.8 Å². The molecular weight excluding hydrogens is 248 g/mol. The topological polar surface area (TPSA) is 35.5 Å². The van der Waals surface area contributed by atoms with E-state index in [0.717, 1.165) is 36.4 Å². The van der Waals surface area contributed by atoms with Gasteiger partial charge in [0, 0.05) is 31.2 Å². The molecule has 1 unspecified atom stereocenters. The molecule has 0 aromatic heterocycles. The Labute approximate surface area is 119 Å². The quantitative estimate of drug-likeness (QED) is 0.879. The van der Waals surface area contributed by atoms with Crippen molar-refractivity contribution in [3.05, 3.63) is 48.5 Å². The molecule has 1 aliphatic heterocycles. The number of anilines is 1. The van der Waals surface area contributed by atoms with Crippen molar-refractivity contribution in [1.29, 1.82) is 0 Å². The van der Waals surface area contributed by atoms with Crippen LogP contribution >= 0.6 is 0 Å². The monoisotopic (exact) mass is 268 g/mol. The summed E-state index contributed by atoms with van der Waals surface area (Å²) in [4.78, 5) is 2.28. The summed E-state index contributed by atoms with van der Waals surface area (Å²) in [5.74, 6) is 0.382. The van der Waals surface area contributed by atoms with Crippen LogP contribution in [0.5, 0.6) is 5.75 Å². The average molecular weight is 268 g/mol. The Morgan fingerprint density at radius 1 is 1.10 bits per heavy atom. The summed E-state index contributed by atoms with van der Waals surface area (Å²) in [6.07, 6.45) is 0. The van der Waals surface area contributed by atoms with Crippen molar-refractivity contribution in [2.75, 3.05) is 24.5 Å². The zero-order valence-corrected chi connectivity index (χ0v) is 11.7. The highest BCUT2D eigenvalue weighted by atomic mass is 16.3. The molecule has 3 nitrogen and oxygen atoms in total. The third-order valence-corrected chi connectivity index (χ3v) is 3.91. The molecule has 104 valence electrons. The maximum absolute atomic E-state index is 10.7. The van der Waals surface area contributed by atoms with Gasteiger partial charge in [-0.2, -0.15) is 0 Å². The first-order chi connectivity index (χ1) is 9.77. The molecule has 0 aliphatic carbocycles. The molecule has 0 saturated carbocycles. The van der Waals surface area contributed by atoms with Crippen LogP contribution in [0, 0.1) is 0 Å². The summed E-state index contributed by atoms with van der Waals surface area (Å²) >= 11 is 0. The van der Waals surface area contributed by atoms with Crippen molar-refractivity contribution in [3.63, 3.8) is 0 Å². The minimum absolute atomic E-state index is 0.382. The van der Waals surface area contributed by atoms with E-state index in [1.54, 1.807) is 0 Å². The fourth-order valence-electron chi connectivity index (χ4n) is 2.81. The lowest BCUT2D eigenvalue weighted by atomic mass is 10.0. The van der Waals surface area contributed by atoms with Crippen LogP contribution in [-0.4, -0.2) is 30.8 Å². The molecule has 2 aromatic carbocycles. The van der Waals surface area contributed by atoms with Gasteiger partial charge in [-0.05, 0) is 18.6 Å². The Balaban J connectivity index is 2.01. The van der Waals surface area contributed by atoms with E-state index >= 15 is 0 Å². The SMILES string of the molecule is CC1CNCCN1c1cccc(-c2ccccc2)c1O. The van der Waals surface area contributed by atoms with E-state index in [4.69, 9.17) is 0 Å². The van der Waals surface area contributed by atoms with Crippen molar-refractivity contribution in [2.45, 2.75) is 13.0 Å². The van der Waals surface area contributed by atoms with Crippen molar-refractivity contribution >= 4 is 5.69 Å². The molecule has 1 heterocycles. The molecule has 2 N–H and O–H groups in total. The van der Waals surface area contributed by atoms with Gasteiger partial charge in [-0.1, -0.05) is 42.5 Å². The molecule has 1 saturated heterocycles. The number of hydrogen-bond donors (Lipinski definition) is 2. The smallest absolute Gasteiger partial charge is 0.146 e. The van der Waals surface area contributed by atoms with Gasteiger partial charge in [-0.15, -0.1) is 0 Å². The van der Waals surface area contributed by atoms with Gasteiger partial charge in [0.2, 0.25) is 0 Å². The second kappa shape index (κ2) is 5.55. The summed E-state index contributed by atoms with van der Waals surface area (Å²) < 4.78 is 0. The number of phenolic OH excluding ortho intramolecular Hbond substituents is 1. The Kier molecular flexibility index (Phi) is 3.61. The van der Waals surface area contributed by atoms with Crippen LogP contribution in [0.1, 0.15) is 6.92 Å². The molecular formula is C17H20N2O. The standard InChI is InChI=1S/C17H20N2O/c1-13-12-18-10-11-19(13)16-9-5-8-15(17(16)20)14-6-3-2-4-7-14/h2-9,13,18,20H,10-12H2,1H3. The fraction of sp³-hybridized carbons (Fsp3) is 0.294. The van der Waals surface area contributed by atoms with Crippen molar-refractivity contribution in [1.82, 2.24) is 5.32 Å². The molecule has 2 aromatic rings. The molecule has 1 fully saturated rings. The number of piperazine rings is 1. The third-order valence-electron chi connectivity index (χ3n) is 3.91. The summed E-state index contributed by atoms with van der Waals surface area (Å²) in [6.45, 7) is 5.02. The summed E-state index contributed by atoms with van der Waals surface area (Å²) in [5.41, 5.74) is 2.88. The van der Waals surface area contributed by atoms with E-state index in [-0.39, 0.29) is 0 Å². The van der Waals surface area contributed by atoms with Gasteiger partial charge in [0.15, 0.2) is 0 Å². The van der Waals surface area contributed by atoms with E-state index in [9.17, 15) is 5.11 Å². The maximum Gasteiger partial charge on any atom is 0.146 e. The van der Waals surface area contributed by atoms with Gasteiger partial charge in [-0.25, -0.2) is 0 Å². The lowest BCUT2D eigenvalue weighted by Crippen LogP contribution is -2.49. The molecule has 1 aliphatic rings. The Hall–Kier alpha value is -2.00. The van der Waals surface area contributed by atoms with Crippen molar-refractivity contribution < 1.29 is 5.11 Å². The molecule has 1 atom stereocenters. The van der Waals surface area contributed by atoms with Crippen LogP contribution in [-0.2, 0) is 0 Å². The van der Waals surface area contributed by atoms with Gasteiger partial charge >= 0.3 is 0 Å². The number of nitrogens with zero attached hydrogens (tertiary/aromatic N) is 1. The Morgan fingerprint density at radius 2 is 1.90 bits per heavy atom. The summed E-state index contributed by atoms with van der Waals surface area (Å²) in [7, 11) is 0. The predicted octanol–water partition coefficient (Wildman–Crippen LogP) is 2.86. The Morgan fingerprint density at radius 3 is 2.65 bits per heavy atom. The first-order valence-corrected chi connectivity index (χ1v) is 7.12. The first kappa shape index (κ1) is 13.0. The average Bonchev–Trinajstić information content (AvgIpc) is 2.49. The predicted molar refractivity (Wildman–Crippen MR) is 83.2 cm³/mol. The van der Waals surface area contributed by atoms with E-state index < -0.39 is 0 Å². The number of para-hydroxylation sites is 1. The highest BCUT2D eigenvalue weighted by Gasteiger charge is 2.21. The van der Waals surface area contributed by atoms with Crippen LogP contribution in [0.15, 0.2) is 48.5 Å². The number of hydrogen-bond acceptors (Lipinski definition) is 3. The normalized spacial score (nSPS) is 19.1. The minimum Gasteiger partial charge on any atom is -0.505 e. The number of phenols is 1. The van der Waals surface area contributed by atoms with Crippen LogP contribution < -0.4 is 10.2 Å². The van der Waals surface area contributed by atoms with E-state index in [2.05, 4.69) is 17.1 Å². The van der Waals surface area contributed by atoms with Crippen LogP contribution in [0.3, 0.4) is 0 Å². The molecule has 20 heavy (non-hydrogen) atoms. The fourth-order valence-corrected chi connectivity index (χ4v) is 2.81. The Bertz CT molecular complexity index is 583. The second-order valence-electron chi connectivity index (χ2n) is 5.29. The number of aromatic hydroxyl groups is 1. The molecule has 0 spiro atoms. The number of nitrogens with one attached hydrogen (secondary N) is 1. The lowest BCUT2D eigenvalue weighted by molar-refractivity contribution is 0.459. The summed E-state index contributed by atoms with van der Waals surface area (Å²) in [6, 6.07) is 16.4. The molecule has 3 rings (SSSR count). The molecule has 0 amide bonds. The van der Waals surface area contributed by atoms with Gasteiger partial charge in [0.05, 0.1) is 5.69 Å². The highest BCUT2D eigenvalue weighted by molar-refractivity contribution is 5.78. The van der Waals surface area contributed by atoms with Crippen molar-refractivity contribution in [3.8, 4) is 16.9 Å². The van der Waals surface area contributed by atoms with E-state index in [1.165, 1.54) is 0 Å². The van der Waals surface area contributed by atoms with Gasteiger partial charge in [-0.3, -0.25) is 0 Å². The second-order valence-corrected chi connectivity index (χ2v) is 5.29. The van der Waals surface area contributed by atoms with Crippen LogP contribution in [0.25, 0.3) is 11.1 Å². The largest absolute Gasteiger partial charge is 0.505 e. The maximum atomic E-state index is 10.7. The lowest BCUT2D eigenvalue weighted by Gasteiger charge is -2.36. The van der Waals surface area contributed by atoms with Gasteiger partial charge in [0.25, 0.3) is 0 Å². The van der Waals surface area contributed by atoms with Gasteiger partial charge in [0.1, 0.15) is 5.75 Å². The number of benzene rings is 2. The highest BCUT2D eigenvalue weighted by Crippen LogP contribution is 2.38. The zero-order valence-electron chi connectivity index (χ0n) is 11.7.